The third-order valence-corrected chi connectivity index (χ3v) is 4.11. The largest absolute Gasteiger partial charge is 0.422 e. The Hall–Kier alpha value is -1.81. The summed E-state index contributed by atoms with van der Waals surface area (Å²) in [5.74, 6) is 0. The van der Waals surface area contributed by atoms with Gasteiger partial charge >= 0.3 is 5.63 Å². The number of halogens is 1. The summed E-state index contributed by atoms with van der Waals surface area (Å²) < 4.78 is 5.20. The van der Waals surface area contributed by atoms with E-state index in [1.165, 1.54) is 19.3 Å². The maximum Gasteiger partial charge on any atom is 0.348 e. The number of benzene rings is 1. The van der Waals surface area contributed by atoms with E-state index in [0.29, 0.717) is 17.3 Å². The van der Waals surface area contributed by atoms with Crippen molar-refractivity contribution in [3.8, 4) is 0 Å². The fourth-order valence-electron chi connectivity index (χ4n) is 2.61. The molecule has 1 aromatic heterocycles. The average Bonchev–Trinajstić information content (AvgIpc) is 2.48. The van der Waals surface area contributed by atoms with E-state index >= 15 is 0 Å². The quantitative estimate of drug-likeness (QED) is 0.629. The molecule has 0 aliphatic carbocycles. The summed E-state index contributed by atoms with van der Waals surface area (Å²) in [6.07, 6.45) is 4.04. The second-order valence-corrected chi connectivity index (χ2v) is 5.34. The second-order valence-electron chi connectivity index (χ2n) is 4.96. The lowest BCUT2D eigenvalue weighted by molar-refractivity contribution is 0.112. The Labute approximate surface area is 120 Å². The van der Waals surface area contributed by atoms with Crippen LogP contribution in [0.15, 0.2) is 27.4 Å². The summed E-state index contributed by atoms with van der Waals surface area (Å²) in [5, 5.41) is 0.755. The van der Waals surface area contributed by atoms with Crippen molar-refractivity contribution in [3.05, 3.63) is 39.2 Å². The van der Waals surface area contributed by atoms with Crippen molar-refractivity contribution in [2.24, 2.45) is 0 Å². The van der Waals surface area contributed by atoms with Gasteiger partial charge in [-0.15, -0.1) is 0 Å². The highest BCUT2D eigenvalue weighted by Gasteiger charge is 2.15. The highest BCUT2D eigenvalue weighted by atomic mass is 35.5. The maximum atomic E-state index is 11.7. The Bertz CT molecular complexity index is 717. The molecular formula is C15H14ClNO3. The van der Waals surface area contributed by atoms with Crippen LogP contribution in [0.1, 0.15) is 29.6 Å². The van der Waals surface area contributed by atoms with Crippen LogP contribution in [-0.4, -0.2) is 19.4 Å². The summed E-state index contributed by atoms with van der Waals surface area (Å²) in [6.45, 7) is 2.02. The van der Waals surface area contributed by atoms with Crippen molar-refractivity contribution < 1.29 is 9.21 Å². The first-order chi connectivity index (χ1) is 9.70. The molecule has 1 fully saturated rings. The van der Waals surface area contributed by atoms with Gasteiger partial charge in [0.15, 0.2) is 6.29 Å². The van der Waals surface area contributed by atoms with Gasteiger partial charge in [-0.3, -0.25) is 4.79 Å². The molecule has 4 nitrogen and oxygen atoms in total. The van der Waals surface area contributed by atoms with Gasteiger partial charge in [0.25, 0.3) is 0 Å². The van der Waals surface area contributed by atoms with Gasteiger partial charge in [0.05, 0.1) is 5.02 Å². The summed E-state index contributed by atoms with van der Waals surface area (Å²) in [5.41, 5.74) is 0.641. The number of anilines is 1. The molecule has 0 unspecified atom stereocenters. The molecule has 0 radical (unpaired) electrons. The second kappa shape index (κ2) is 5.29. The van der Waals surface area contributed by atoms with Crippen LogP contribution < -0.4 is 10.5 Å². The molecule has 1 aromatic carbocycles. The minimum absolute atomic E-state index is 0.120. The maximum absolute atomic E-state index is 11.7. The standard InChI is InChI=1S/C15H14ClNO3/c16-14-11-5-4-10(17-6-2-1-3-7-17)8-13(11)20-15(19)12(14)9-18/h4-5,8-9H,1-3,6-7H2. The molecule has 0 spiro atoms. The SMILES string of the molecule is O=Cc1c(Cl)c2ccc(N3CCCCC3)cc2oc1=O. The Balaban J connectivity index is 2.12. The van der Waals surface area contributed by atoms with Gasteiger partial charge in [0, 0.05) is 30.2 Å². The molecule has 5 heteroatoms. The van der Waals surface area contributed by atoms with Crippen LogP contribution in [0.4, 0.5) is 5.69 Å². The first-order valence-corrected chi connectivity index (χ1v) is 7.05. The number of hydrogen-bond donors (Lipinski definition) is 0. The minimum atomic E-state index is -0.687. The van der Waals surface area contributed by atoms with E-state index in [9.17, 15) is 9.59 Å². The van der Waals surface area contributed by atoms with Gasteiger partial charge in [-0.2, -0.15) is 0 Å². The predicted molar refractivity (Wildman–Crippen MR) is 78.9 cm³/mol. The van der Waals surface area contributed by atoms with Crippen molar-refractivity contribution in [1.29, 1.82) is 0 Å². The first kappa shape index (κ1) is 13.2. The zero-order valence-electron chi connectivity index (χ0n) is 10.9. The Morgan fingerprint density at radius 1 is 1.20 bits per heavy atom. The Morgan fingerprint density at radius 2 is 1.95 bits per heavy atom. The molecule has 2 aromatic rings. The van der Waals surface area contributed by atoms with Crippen LogP contribution in [0, 0.1) is 0 Å². The molecule has 0 bridgehead atoms. The fraction of sp³-hybridized carbons (Fsp3) is 0.333. The zero-order valence-corrected chi connectivity index (χ0v) is 11.7. The first-order valence-electron chi connectivity index (χ1n) is 6.67. The molecule has 3 rings (SSSR count). The summed E-state index contributed by atoms with van der Waals surface area (Å²) >= 11 is 6.08. The van der Waals surface area contributed by atoms with Crippen LogP contribution in [0.3, 0.4) is 0 Å². The van der Waals surface area contributed by atoms with Gasteiger partial charge in [0.1, 0.15) is 11.1 Å². The number of hydrogen-bond acceptors (Lipinski definition) is 4. The fourth-order valence-corrected chi connectivity index (χ4v) is 2.89. The van der Waals surface area contributed by atoms with Gasteiger partial charge in [0.2, 0.25) is 0 Å². The van der Waals surface area contributed by atoms with Crippen molar-refractivity contribution in [1.82, 2.24) is 0 Å². The molecule has 0 saturated carbocycles. The summed E-state index contributed by atoms with van der Waals surface area (Å²) in [6, 6.07) is 5.58. The van der Waals surface area contributed by atoms with E-state index in [2.05, 4.69) is 4.90 Å². The van der Waals surface area contributed by atoms with E-state index in [0.717, 1.165) is 18.8 Å². The van der Waals surface area contributed by atoms with E-state index in [1.54, 1.807) is 6.07 Å². The van der Waals surface area contributed by atoms with Crippen LogP contribution in [0.5, 0.6) is 0 Å². The molecule has 1 aliphatic heterocycles. The molecule has 1 aliphatic rings. The lowest BCUT2D eigenvalue weighted by Crippen LogP contribution is -2.29. The predicted octanol–water partition coefficient (Wildman–Crippen LogP) is 3.25. The summed E-state index contributed by atoms with van der Waals surface area (Å²) in [4.78, 5) is 24.8. The lowest BCUT2D eigenvalue weighted by Gasteiger charge is -2.28. The van der Waals surface area contributed by atoms with Crippen molar-refractivity contribution in [2.75, 3.05) is 18.0 Å². The van der Waals surface area contributed by atoms with Crippen LogP contribution in [0.2, 0.25) is 5.02 Å². The number of carbonyl (C=O) groups is 1. The van der Waals surface area contributed by atoms with Crippen LogP contribution in [0.25, 0.3) is 11.0 Å². The molecular weight excluding hydrogens is 278 g/mol. The lowest BCUT2D eigenvalue weighted by atomic mass is 10.1. The number of carbonyl (C=O) groups excluding carboxylic acids is 1. The summed E-state index contributed by atoms with van der Waals surface area (Å²) in [7, 11) is 0. The molecule has 0 N–H and O–H groups in total. The normalized spacial score (nSPS) is 15.6. The number of nitrogens with zero attached hydrogens (tertiary/aromatic N) is 1. The molecule has 2 heterocycles. The van der Waals surface area contributed by atoms with Gasteiger partial charge in [-0.05, 0) is 31.4 Å². The van der Waals surface area contributed by atoms with Gasteiger partial charge in [-0.25, -0.2) is 4.79 Å². The number of aldehydes is 1. The Morgan fingerprint density at radius 3 is 2.65 bits per heavy atom. The number of piperidine rings is 1. The van der Waals surface area contributed by atoms with Crippen molar-refractivity contribution in [3.63, 3.8) is 0 Å². The monoisotopic (exact) mass is 291 g/mol. The van der Waals surface area contributed by atoms with Gasteiger partial charge < -0.3 is 9.32 Å². The molecule has 0 atom stereocenters. The van der Waals surface area contributed by atoms with E-state index in [-0.39, 0.29) is 10.6 Å². The van der Waals surface area contributed by atoms with E-state index in [4.69, 9.17) is 16.0 Å². The molecule has 0 amide bonds. The minimum Gasteiger partial charge on any atom is -0.422 e. The highest BCUT2D eigenvalue weighted by molar-refractivity contribution is 6.37. The van der Waals surface area contributed by atoms with E-state index in [1.807, 2.05) is 12.1 Å². The van der Waals surface area contributed by atoms with Crippen molar-refractivity contribution >= 4 is 34.5 Å². The average molecular weight is 292 g/mol. The molecule has 20 heavy (non-hydrogen) atoms. The number of rotatable bonds is 2. The zero-order chi connectivity index (χ0) is 14.1. The van der Waals surface area contributed by atoms with Crippen LogP contribution in [-0.2, 0) is 0 Å². The number of fused-ring (bicyclic) bond motifs is 1. The highest BCUT2D eigenvalue weighted by Crippen LogP contribution is 2.29. The van der Waals surface area contributed by atoms with Gasteiger partial charge in [-0.1, -0.05) is 11.6 Å². The van der Waals surface area contributed by atoms with Crippen LogP contribution >= 0.6 is 11.6 Å². The molecule has 104 valence electrons. The molecule has 1 saturated heterocycles. The van der Waals surface area contributed by atoms with Crippen molar-refractivity contribution in [2.45, 2.75) is 19.3 Å². The third-order valence-electron chi connectivity index (χ3n) is 3.70. The topological polar surface area (TPSA) is 50.5 Å². The Kier molecular flexibility index (Phi) is 3.49. The van der Waals surface area contributed by atoms with E-state index < -0.39 is 5.63 Å². The smallest absolute Gasteiger partial charge is 0.348 e. The third kappa shape index (κ3) is 2.20.